The summed E-state index contributed by atoms with van der Waals surface area (Å²) in [4.78, 5) is 9.56. The molecule has 2 rings (SSSR count). The van der Waals surface area contributed by atoms with Crippen molar-refractivity contribution >= 4 is 17.0 Å². The van der Waals surface area contributed by atoms with Crippen molar-refractivity contribution in [2.24, 2.45) is 0 Å². The van der Waals surface area contributed by atoms with Crippen LogP contribution in [-0.2, 0) is 6.54 Å². The molecular formula is C11H13N3S. The molecule has 0 atom stereocenters. The van der Waals surface area contributed by atoms with Gasteiger partial charge >= 0.3 is 0 Å². The molecule has 0 saturated carbocycles. The summed E-state index contributed by atoms with van der Waals surface area (Å²) in [7, 11) is 0. The molecule has 0 spiro atoms. The van der Waals surface area contributed by atoms with E-state index in [1.54, 1.807) is 17.5 Å². The van der Waals surface area contributed by atoms with Crippen molar-refractivity contribution in [3.63, 3.8) is 0 Å². The molecule has 0 amide bonds. The highest BCUT2D eigenvalue weighted by Gasteiger charge is 2.01. The van der Waals surface area contributed by atoms with Gasteiger partial charge in [0.1, 0.15) is 0 Å². The van der Waals surface area contributed by atoms with Crippen molar-refractivity contribution in [2.75, 3.05) is 5.32 Å². The van der Waals surface area contributed by atoms with E-state index < -0.39 is 0 Å². The highest BCUT2D eigenvalue weighted by atomic mass is 32.1. The molecule has 0 unspecified atom stereocenters. The van der Waals surface area contributed by atoms with Crippen molar-refractivity contribution < 1.29 is 0 Å². The summed E-state index contributed by atoms with van der Waals surface area (Å²) in [5.74, 6) is 0. The van der Waals surface area contributed by atoms with Crippen LogP contribution in [0.4, 0.5) is 5.69 Å². The summed E-state index contributed by atoms with van der Waals surface area (Å²) in [5.41, 5.74) is 5.29. The zero-order valence-corrected chi connectivity index (χ0v) is 9.64. The van der Waals surface area contributed by atoms with Crippen LogP contribution in [0.25, 0.3) is 0 Å². The number of nitrogens with one attached hydrogen (secondary N) is 1. The smallest absolute Gasteiger partial charge is 0.0798 e. The van der Waals surface area contributed by atoms with Gasteiger partial charge in [-0.3, -0.25) is 4.98 Å². The molecule has 0 aliphatic carbocycles. The van der Waals surface area contributed by atoms with E-state index >= 15 is 0 Å². The van der Waals surface area contributed by atoms with E-state index in [0.29, 0.717) is 0 Å². The van der Waals surface area contributed by atoms with Crippen LogP contribution in [0.15, 0.2) is 24.0 Å². The average molecular weight is 219 g/mol. The number of pyridine rings is 1. The molecule has 2 aromatic heterocycles. The summed E-state index contributed by atoms with van der Waals surface area (Å²) >= 11 is 1.69. The number of anilines is 1. The summed E-state index contributed by atoms with van der Waals surface area (Å²) in [6.45, 7) is 4.92. The minimum absolute atomic E-state index is 0.835. The second-order valence-electron chi connectivity index (χ2n) is 3.41. The first-order valence-corrected chi connectivity index (χ1v) is 5.69. The fourth-order valence-corrected chi connectivity index (χ4v) is 2.06. The van der Waals surface area contributed by atoms with Crippen LogP contribution in [0.1, 0.15) is 16.1 Å². The normalized spacial score (nSPS) is 10.3. The average Bonchev–Trinajstić information content (AvgIpc) is 2.63. The quantitative estimate of drug-likeness (QED) is 0.862. The minimum atomic E-state index is 0.835. The number of thiazole rings is 1. The molecule has 0 aromatic carbocycles. The Kier molecular flexibility index (Phi) is 2.97. The van der Waals surface area contributed by atoms with Gasteiger partial charge in [-0.2, -0.15) is 0 Å². The Morgan fingerprint density at radius 1 is 1.40 bits per heavy atom. The fourth-order valence-electron chi connectivity index (χ4n) is 1.34. The van der Waals surface area contributed by atoms with Gasteiger partial charge in [0.15, 0.2) is 0 Å². The molecule has 2 aromatic rings. The van der Waals surface area contributed by atoms with Crippen LogP contribution < -0.4 is 5.32 Å². The van der Waals surface area contributed by atoms with E-state index in [1.807, 2.05) is 24.7 Å². The van der Waals surface area contributed by atoms with Crippen LogP contribution in [0.2, 0.25) is 0 Å². The van der Waals surface area contributed by atoms with Gasteiger partial charge in [-0.15, -0.1) is 11.3 Å². The molecule has 0 fully saturated rings. The molecule has 4 heteroatoms. The second-order valence-corrected chi connectivity index (χ2v) is 4.34. The van der Waals surface area contributed by atoms with Gasteiger partial charge in [0, 0.05) is 23.0 Å². The van der Waals surface area contributed by atoms with Crippen LogP contribution in [-0.4, -0.2) is 9.97 Å². The molecule has 0 bridgehead atoms. The SMILES string of the molecule is Cc1cnccc1NCc1scnc1C. The molecule has 3 nitrogen and oxygen atoms in total. The number of nitrogens with zero attached hydrogens (tertiary/aromatic N) is 2. The van der Waals surface area contributed by atoms with Gasteiger partial charge in [-0.05, 0) is 25.5 Å². The molecule has 0 aliphatic heterocycles. The van der Waals surface area contributed by atoms with Crippen molar-refractivity contribution in [1.29, 1.82) is 0 Å². The molecule has 15 heavy (non-hydrogen) atoms. The molecular weight excluding hydrogens is 206 g/mol. The monoisotopic (exact) mass is 219 g/mol. The zero-order chi connectivity index (χ0) is 10.7. The third kappa shape index (κ3) is 2.33. The van der Waals surface area contributed by atoms with Crippen LogP contribution in [0, 0.1) is 13.8 Å². The molecule has 0 saturated heterocycles. The van der Waals surface area contributed by atoms with Gasteiger partial charge in [-0.1, -0.05) is 0 Å². The molecule has 0 aliphatic rings. The maximum atomic E-state index is 4.22. The first kappa shape index (κ1) is 10.1. The Morgan fingerprint density at radius 2 is 2.27 bits per heavy atom. The topological polar surface area (TPSA) is 37.8 Å². The summed E-state index contributed by atoms with van der Waals surface area (Å²) in [6, 6.07) is 1.99. The van der Waals surface area contributed by atoms with E-state index in [0.717, 1.165) is 17.9 Å². The molecule has 2 heterocycles. The maximum Gasteiger partial charge on any atom is 0.0798 e. The van der Waals surface area contributed by atoms with Gasteiger partial charge < -0.3 is 5.32 Å². The van der Waals surface area contributed by atoms with Crippen molar-refractivity contribution in [3.05, 3.63) is 40.1 Å². The highest BCUT2D eigenvalue weighted by Crippen LogP contribution is 2.16. The lowest BCUT2D eigenvalue weighted by atomic mass is 10.2. The molecule has 1 N–H and O–H groups in total. The van der Waals surface area contributed by atoms with Crippen LogP contribution in [0.5, 0.6) is 0 Å². The number of hydrogen-bond acceptors (Lipinski definition) is 4. The number of aromatic nitrogens is 2. The molecule has 0 radical (unpaired) electrons. The Balaban J connectivity index is 2.06. The number of aryl methyl sites for hydroxylation is 2. The van der Waals surface area contributed by atoms with Gasteiger partial charge in [0.2, 0.25) is 0 Å². The number of rotatable bonds is 3. The lowest BCUT2D eigenvalue weighted by Crippen LogP contribution is -2.00. The van der Waals surface area contributed by atoms with E-state index in [-0.39, 0.29) is 0 Å². The predicted molar refractivity (Wildman–Crippen MR) is 63.2 cm³/mol. The Labute approximate surface area is 93.2 Å². The molecule has 78 valence electrons. The minimum Gasteiger partial charge on any atom is -0.380 e. The van der Waals surface area contributed by atoms with E-state index in [4.69, 9.17) is 0 Å². The Hall–Kier alpha value is -1.42. The first-order valence-electron chi connectivity index (χ1n) is 4.81. The van der Waals surface area contributed by atoms with Gasteiger partial charge in [0.05, 0.1) is 17.7 Å². The lowest BCUT2D eigenvalue weighted by Gasteiger charge is -2.07. The predicted octanol–water partition coefficient (Wildman–Crippen LogP) is 2.77. The Bertz CT molecular complexity index is 451. The third-order valence-corrected chi connectivity index (χ3v) is 3.24. The Morgan fingerprint density at radius 3 is 2.93 bits per heavy atom. The van der Waals surface area contributed by atoms with Crippen LogP contribution in [0.3, 0.4) is 0 Å². The van der Waals surface area contributed by atoms with E-state index in [9.17, 15) is 0 Å². The van der Waals surface area contributed by atoms with Gasteiger partial charge in [0.25, 0.3) is 0 Å². The lowest BCUT2D eigenvalue weighted by molar-refractivity contribution is 1.11. The fraction of sp³-hybridized carbons (Fsp3) is 0.273. The van der Waals surface area contributed by atoms with Crippen LogP contribution >= 0.6 is 11.3 Å². The van der Waals surface area contributed by atoms with Crippen molar-refractivity contribution in [1.82, 2.24) is 9.97 Å². The largest absolute Gasteiger partial charge is 0.380 e. The summed E-state index contributed by atoms with van der Waals surface area (Å²) < 4.78 is 0. The maximum absolute atomic E-state index is 4.22. The highest BCUT2D eigenvalue weighted by molar-refractivity contribution is 7.09. The summed E-state index contributed by atoms with van der Waals surface area (Å²) in [6.07, 6.45) is 3.66. The van der Waals surface area contributed by atoms with E-state index in [2.05, 4.69) is 22.2 Å². The second kappa shape index (κ2) is 4.40. The third-order valence-electron chi connectivity index (χ3n) is 2.30. The van der Waals surface area contributed by atoms with Gasteiger partial charge in [-0.25, -0.2) is 4.98 Å². The first-order chi connectivity index (χ1) is 7.27. The number of hydrogen-bond donors (Lipinski definition) is 1. The zero-order valence-electron chi connectivity index (χ0n) is 8.82. The van der Waals surface area contributed by atoms with Crippen molar-refractivity contribution in [3.8, 4) is 0 Å². The summed E-state index contributed by atoms with van der Waals surface area (Å²) in [5, 5.41) is 3.39. The standard InChI is InChI=1S/C11H13N3S/c1-8-5-12-4-3-10(8)13-6-11-9(2)14-7-15-11/h3-5,7H,6H2,1-2H3,(H,12,13). The van der Waals surface area contributed by atoms with Crippen molar-refractivity contribution in [2.45, 2.75) is 20.4 Å². The van der Waals surface area contributed by atoms with E-state index in [1.165, 1.54) is 10.4 Å².